The number of pyridine rings is 1. The molecule has 2 aromatic carbocycles. The summed E-state index contributed by atoms with van der Waals surface area (Å²) in [5.74, 6) is 0.453. The van der Waals surface area contributed by atoms with Crippen LogP contribution in [-0.4, -0.2) is 32.8 Å². The molecular formula is C32H40N2O4. The van der Waals surface area contributed by atoms with Crippen LogP contribution in [0.3, 0.4) is 0 Å². The number of hydrogen-bond donors (Lipinski definition) is 1. The molecule has 202 valence electrons. The number of ether oxygens (including phenoxy) is 1. The number of aromatic nitrogens is 1. The van der Waals surface area contributed by atoms with Crippen LogP contribution in [-0.2, 0) is 16.9 Å². The second-order valence-electron chi connectivity index (χ2n) is 11.4. The van der Waals surface area contributed by atoms with Crippen LogP contribution in [0.2, 0.25) is 0 Å². The first-order valence-corrected chi connectivity index (χ1v) is 13.6. The van der Waals surface area contributed by atoms with Crippen molar-refractivity contribution in [2.45, 2.75) is 77.7 Å². The maximum Gasteiger partial charge on any atom is 0.411 e. The minimum atomic E-state index is -0.991. The quantitative estimate of drug-likeness (QED) is 0.351. The maximum atomic E-state index is 13.3. The predicted molar refractivity (Wildman–Crippen MR) is 151 cm³/mol. The monoisotopic (exact) mass is 516 g/mol. The lowest BCUT2D eigenvalue weighted by atomic mass is 9.80. The van der Waals surface area contributed by atoms with Gasteiger partial charge in [0, 0.05) is 38.2 Å². The Bertz CT molecular complexity index is 1290. The van der Waals surface area contributed by atoms with E-state index in [0.29, 0.717) is 25.3 Å². The third kappa shape index (κ3) is 6.18. The van der Waals surface area contributed by atoms with Gasteiger partial charge in [0.1, 0.15) is 5.60 Å². The molecule has 1 N–H and O–H groups in total. The smallest absolute Gasteiger partial charge is 0.411 e. The fourth-order valence-electron chi connectivity index (χ4n) is 5.33. The van der Waals surface area contributed by atoms with E-state index in [1.807, 2.05) is 73.8 Å². The molecule has 1 aromatic heterocycles. The van der Waals surface area contributed by atoms with Gasteiger partial charge in [-0.2, -0.15) is 0 Å². The van der Waals surface area contributed by atoms with E-state index in [2.05, 4.69) is 13.8 Å². The summed E-state index contributed by atoms with van der Waals surface area (Å²) in [4.78, 5) is 27.7. The van der Waals surface area contributed by atoms with Gasteiger partial charge in [-0.15, -0.1) is 0 Å². The van der Waals surface area contributed by atoms with Crippen molar-refractivity contribution in [3.05, 3.63) is 94.4 Å². The Morgan fingerprint density at radius 1 is 1.00 bits per heavy atom. The van der Waals surface area contributed by atoms with Crippen LogP contribution in [0.5, 0.6) is 0 Å². The Morgan fingerprint density at radius 3 is 2.26 bits per heavy atom. The molecule has 0 saturated carbocycles. The molecule has 0 bridgehead atoms. The van der Waals surface area contributed by atoms with Gasteiger partial charge in [0.2, 0.25) is 0 Å². The lowest BCUT2D eigenvalue weighted by molar-refractivity contribution is -0.101. The van der Waals surface area contributed by atoms with Crippen molar-refractivity contribution in [1.82, 2.24) is 9.47 Å². The average Bonchev–Trinajstić information content (AvgIpc) is 2.89. The zero-order chi connectivity index (χ0) is 27.5. The average molecular weight is 517 g/mol. The zero-order valence-electron chi connectivity index (χ0n) is 23.2. The van der Waals surface area contributed by atoms with Gasteiger partial charge < -0.3 is 19.3 Å². The normalized spacial score (nSPS) is 19.6. The minimum absolute atomic E-state index is 0.00395. The number of amides is 1. The van der Waals surface area contributed by atoms with Crippen LogP contribution in [0.15, 0.2) is 77.7 Å². The largest absolute Gasteiger partial charge is 0.438 e. The van der Waals surface area contributed by atoms with Crippen LogP contribution in [0.25, 0.3) is 11.1 Å². The number of benzene rings is 2. The van der Waals surface area contributed by atoms with Crippen molar-refractivity contribution in [2.24, 2.45) is 5.92 Å². The topological polar surface area (TPSA) is 71.8 Å². The molecular weight excluding hydrogens is 476 g/mol. The van der Waals surface area contributed by atoms with Crippen molar-refractivity contribution in [1.29, 1.82) is 0 Å². The second kappa shape index (κ2) is 11.2. The Kier molecular flexibility index (Phi) is 8.12. The summed E-state index contributed by atoms with van der Waals surface area (Å²) in [7, 11) is 0. The lowest BCUT2D eigenvalue weighted by Gasteiger charge is -2.45. The Labute approximate surface area is 225 Å². The number of carbonyl (C=O) groups excluding carboxylic acids is 1. The molecule has 1 unspecified atom stereocenters. The SMILES string of the molecule is CCC(C)Cn1ccc(-c2ccc([C@H](C)N3CC[C@](CC(C)(C)O)(c4ccccc4)OC3=O)cc2)cc1=O. The van der Waals surface area contributed by atoms with Crippen molar-refractivity contribution >= 4 is 6.09 Å². The maximum absolute atomic E-state index is 13.3. The number of carbonyl (C=O) groups is 1. The van der Waals surface area contributed by atoms with E-state index in [9.17, 15) is 14.7 Å². The third-order valence-electron chi connectivity index (χ3n) is 7.69. The van der Waals surface area contributed by atoms with Gasteiger partial charge in [0.15, 0.2) is 0 Å². The fourth-order valence-corrected chi connectivity index (χ4v) is 5.33. The molecule has 1 fully saturated rings. The standard InChI is InChI=1S/C32H40N2O4/c1-6-23(2)21-33-18-16-27(20-29(33)35)26-14-12-25(13-15-26)24(3)34-19-17-32(38-30(34)36,22-31(4,5)37)28-10-8-7-9-11-28/h7-16,18,20,23-24,37H,6,17,19,21-22H2,1-5H3/t23?,24-,32-/m0/s1. The number of cyclic esters (lactones) is 1. The van der Waals surface area contributed by atoms with Gasteiger partial charge in [0.25, 0.3) is 5.56 Å². The van der Waals surface area contributed by atoms with Crippen LogP contribution in [0.4, 0.5) is 4.79 Å². The van der Waals surface area contributed by atoms with E-state index in [4.69, 9.17) is 4.74 Å². The highest BCUT2D eigenvalue weighted by molar-refractivity contribution is 5.70. The van der Waals surface area contributed by atoms with Crippen molar-refractivity contribution in [3.63, 3.8) is 0 Å². The highest BCUT2D eigenvalue weighted by atomic mass is 16.6. The van der Waals surface area contributed by atoms with Crippen LogP contribution >= 0.6 is 0 Å². The molecule has 3 aromatic rings. The number of aliphatic hydroxyl groups is 1. The van der Waals surface area contributed by atoms with Crippen LogP contribution in [0.1, 0.15) is 71.0 Å². The number of nitrogens with zero attached hydrogens (tertiary/aromatic N) is 2. The van der Waals surface area contributed by atoms with E-state index in [0.717, 1.165) is 35.2 Å². The Balaban J connectivity index is 1.49. The lowest BCUT2D eigenvalue weighted by Crippen LogP contribution is -2.51. The molecule has 2 heterocycles. The van der Waals surface area contributed by atoms with E-state index < -0.39 is 11.2 Å². The molecule has 4 rings (SSSR count). The number of hydrogen-bond acceptors (Lipinski definition) is 4. The van der Waals surface area contributed by atoms with E-state index in [1.54, 1.807) is 29.4 Å². The van der Waals surface area contributed by atoms with E-state index in [1.165, 1.54) is 0 Å². The molecule has 1 aliphatic rings. The summed E-state index contributed by atoms with van der Waals surface area (Å²) in [6.07, 6.45) is 3.43. The van der Waals surface area contributed by atoms with Crippen LogP contribution in [0, 0.1) is 5.92 Å². The predicted octanol–water partition coefficient (Wildman–Crippen LogP) is 6.52. The summed E-state index contributed by atoms with van der Waals surface area (Å²) in [5, 5.41) is 10.6. The first kappa shape index (κ1) is 27.6. The fraction of sp³-hybridized carbons (Fsp3) is 0.438. The van der Waals surface area contributed by atoms with Crippen molar-refractivity contribution in [2.75, 3.05) is 6.54 Å². The Morgan fingerprint density at radius 2 is 1.68 bits per heavy atom. The van der Waals surface area contributed by atoms with Gasteiger partial charge in [-0.25, -0.2) is 4.79 Å². The van der Waals surface area contributed by atoms with Gasteiger partial charge in [0.05, 0.1) is 11.6 Å². The molecule has 0 radical (unpaired) electrons. The molecule has 3 atom stereocenters. The highest BCUT2D eigenvalue weighted by Gasteiger charge is 2.46. The molecule has 0 spiro atoms. The second-order valence-corrected chi connectivity index (χ2v) is 11.4. The summed E-state index contributed by atoms with van der Waals surface area (Å²) < 4.78 is 7.90. The third-order valence-corrected chi connectivity index (χ3v) is 7.69. The van der Waals surface area contributed by atoms with Crippen molar-refractivity contribution in [3.8, 4) is 11.1 Å². The molecule has 1 aliphatic heterocycles. The van der Waals surface area contributed by atoms with Gasteiger partial charge in [-0.3, -0.25) is 4.79 Å². The zero-order valence-corrected chi connectivity index (χ0v) is 23.2. The first-order chi connectivity index (χ1) is 18.0. The first-order valence-electron chi connectivity index (χ1n) is 13.6. The molecule has 6 heteroatoms. The van der Waals surface area contributed by atoms with Gasteiger partial charge >= 0.3 is 6.09 Å². The van der Waals surface area contributed by atoms with E-state index in [-0.39, 0.29) is 17.7 Å². The number of rotatable bonds is 9. The summed E-state index contributed by atoms with van der Waals surface area (Å²) in [6, 6.07) is 21.2. The van der Waals surface area contributed by atoms with Gasteiger partial charge in [-0.1, -0.05) is 74.9 Å². The molecule has 1 saturated heterocycles. The van der Waals surface area contributed by atoms with Crippen molar-refractivity contribution < 1.29 is 14.6 Å². The summed E-state index contributed by atoms with van der Waals surface area (Å²) in [5.41, 5.74) is 1.88. The Hall–Kier alpha value is -3.38. The summed E-state index contributed by atoms with van der Waals surface area (Å²) >= 11 is 0. The van der Waals surface area contributed by atoms with Gasteiger partial charge in [-0.05, 0) is 55.0 Å². The highest BCUT2D eigenvalue weighted by Crippen LogP contribution is 2.42. The minimum Gasteiger partial charge on any atom is -0.438 e. The summed E-state index contributed by atoms with van der Waals surface area (Å²) in [6.45, 7) is 11.0. The molecule has 6 nitrogen and oxygen atoms in total. The van der Waals surface area contributed by atoms with E-state index >= 15 is 0 Å². The molecule has 1 amide bonds. The molecule has 0 aliphatic carbocycles. The van der Waals surface area contributed by atoms with Crippen LogP contribution < -0.4 is 5.56 Å². The molecule has 38 heavy (non-hydrogen) atoms.